The van der Waals surface area contributed by atoms with Gasteiger partial charge in [0.05, 0.1) is 34.3 Å². The smallest absolute Gasteiger partial charge is 0.407 e. The molecule has 0 spiro atoms. The zero-order valence-electron chi connectivity index (χ0n) is 19.2. The van der Waals surface area contributed by atoms with Gasteiger partial charge in [-0.1, -0.05) is 12.1 Å². The number of aromatic amines is 1. The van der Waals surface area contributed by atoms with Gasteiger partial charge in [0.2, 0.25) is 11.9 Å². The van der Waals surface area contributed by atoms with Gasteiger partial charge in [-0.05, 0) is 55.3 Å². The first-order chi connectivity index (χ1) is 16.2. The first-order valence-corrected chi connectivity index (χ1v) is 11.9. The van der Waals surface area contributed by atoms with Gasteiger partial charge in [-0.15, -0.1) is 0 Å². The van der Waals surface area contributed by atoms with E-state index < -0.39 is 11.7 Å². The number of carbonyl (C=O) groups excluding carboxylic acids is 1. The summed E-state index contributed by atoms with van der Waals surface area (Å²) in [6, 6.07) is 7.85. The Morgan fingerprint density at radius 3 is 2.88 bits per heavy atom. The quantitative estimate of drug-likeness (QED) is 0.360. The molecule has 34 heavy (non-hydrogen) atoms. The van der Waals surface area contributed by atoms with Crippen LogP contribution >= 0.6 is 15.9 Å². The highest BCUT2D eigenvalue weighted by Gasteiger charge is 2.28. The van der Waals surface area contributed by atoms with Gasteiger partial charge < -0.3 is 25.3 Å². The molecule has 1 fully saturated rings. The minimum absolute atomic E-state index is 0.0463. The van der Waals surface area contributed by atoms with E-state index in [1.807, 2.05) is 49.9 Å². The van der Waals surface area contributed by atoms with Crippen LogP contribution in [-0.4, -0.2) is 60.4 Å². The number of ether oxygens (including phenoxy) is 1. The molecule has 1 saturated heterocycles. The number of amides is 1. The fraction of sp³-hybridized carbons (Fsp3) is 0.409. The summed E-state index contributed by atoms with van der Waals surface area (Å²) in [4.78, 5) is 31.6. The average molecular weight is 528 g/mol. The van der Waals surface area contributed by atoms with E-state index >= 15 is 0 Å². The van der Waals surface area contributed by atoms with Crippen molar-refractivity contribution in [3.05, 3.63) is 40.8 Å². The summed E-state index contributed by atoms with van der Waals surface area (Å²) in [5, 5.41) is 10.7. The molecule has 1 aliphatic rings. The molecule has 4 heterocycles. The summed E-state index contributed by atoms with van der Waals surface area (Å²) in [5.74, 6) is 1.91. The summed E-state index contributed by atoms with van der Waals surface area (Å²) in [6.07, 6.45) is 2.05. The molecule has 0 radical (unpaired) electrons. The van der Waals surface area contributed by atoms with E-state index in [9.17, 15) is 4.79 Å². The Morgan fingerprint density at radius 1 is 1.26 bits per heavy atom. The minimum Gasteiger partial charge on any atom is -0.444 e. The minimum atomic E-state index is -0.536. The molecule has 1 atom stereocenters. The Morgan fingerprint density at radius 2 is 2.09 bits per heavy atom. The largest absolute Gasteiger partial charge is 0.444 e. The average Bonchev–Trinajstić information content (AvgIpc) is 3.49. The molecule has 0 bridgehead atoms. The van der Waals surface area contributed by atoms with Crippen molar-refractivity contribution in [3.8, 4) is 0 Å². The fourth-order valence-electron chi connectivity index (χ4n) is 3.88. The Kier molecular flexibility index (Phi) is 5.76. The number of aromatic nitrogens is 6. The van der Waals surface area contributed by atoms with E-state index in [1.54, 1.807) is 10.7 Å². The van der Waals surface area contributed by atoms with Crippen LogP contribution in [0.2, 0.25) is 0 Å². The monoisotopic (exact) mass is 527 g/mol. The Hall–Kier alpha value is -3.41. The number of nitrogens with zero attached hydrogens (tertiary/aromatic N) is 6. The second-order valence-corrected chi connectivity index (χ2v) is 10.1. The second kappa shape index (κ2) is 8.75. The summed E-state index contributed by atoms with van der Waals surface area (Å²) in [5.41, 5.74) is 2.01. The van der Waals surface area contributed by atoms with Crippen LogP contribution in [-0.2, 0) is 11.3 Å². The Balaban J connectivity index is 1.33. The van der Waals surface area contributed by atoms with E-state index in [2.05, 4.69) is 41.6 Å². The standard InChI is InChI=1S/C22H26BrN9O2/c1-22(2,3)34-21(33)26-13-8-9-31(12-13)20-29-18-14(23)10-25-32(18)19(30-20)24-11-17-27-15-6-4-5-7-16(15)28-17/h4-7,10,13H,8-9,11-12H2,1-3H3,(H,26,33)(H,27,28)(H,24,29,30)/t13-/m1/s1. The van der Waals surface area contributed by atoms with Gasteiger partial charge in [-0.3, -0.25) is 0 Å². The lowest BCUT2D eigenvalue weighted by Gasteiger charge is -2.22. The van der Waals surface area contributed by atoms with Gasteiger partial charge >= 0.3 is 6.09 Å². The van der Waals surface area contributed by atoms with E-state index in [4.69, 9.17) is 14.7 Å². The molecule has 0 unspecified atom stereocenters. The molecule has 5 rings (SSSR count). The molecule has 3 aromatic heterocycles. The van der Waals surface area contributed by atoms with Crippen molar-refractivity contribution < 1.29 is 9.53 Å². The number of alkyl carbamates (subject to hydrolysis) is 1. The van der Waals surface area contributed by atoms with Crippen LogP contribution in [0.1, 0.15) is 33.0 Å². The first kappa shape index (κ1) is 22.4. The predicted molar refractivity (Wildman–Crippen MR) is 132 cm³/mol. The third-order valence-corrected chi connectivity index (χ3v) is 5.92. The zero-order chi connectivity index (χ0) is 23.9. The number of benzene rings is 1. The molecular weight excluding hydrogens is 502 g/mol. The molecule has 1 aromatic carbocycles. The molecule has 1 aliphatic heterocycles. The SMILES string of the molecule is CC(C)(C)OC(=O)N[C@@H]1CCN(c2nc(NCc3nc4ccccc4[nH]3)n3ncc(Br)c3n2)C1. The molecule has 4 aromatic rings. The molecule has 0 aliphatic carbocycles. The molecule has 11 nitrogen and oxygen atoms in total. The number of nitrogens with one attached hydrogen (secondary N) is 3. The third-order valence-electron chi connectivity index (χ3n) is 5.36. The molecule has 12 heteroatoms. The van der Waals surface area contributed by atoms with Crippen molar-refractivity contribution in [2.24, 2.45) is 0 Å². The van der Waals surface area contributed by atoms with Crippen LogP contribution in [0.4, 0.5) is 16.7 Å². The van der Waals surface area contributed by atoms with Gasteiger partial charge in [0.25, 0.3) is 0 Å². The highest BCUT2D eigenvalue weighted by molar-refractivity contribution is 9.10. The topological polar surface area (TPSA) is 125 Å². The maximum Gasteiger partial charge on any atom is 0.407 e. The molecule has 3 N–H and O–H groups in total. The Labute approximate surface area is 204 Å². The summed E-state index contributed by atoms with van der Waals surface area (Å²) >= 11 is 3.52. The van der Waals surface area contributed by atoms with Crippen LogP contribution in [0.15, 0.2) is 34.9 Å². The third kappa shape index (κ3) is 4.76. The van der Waals surface area contributed by atoms with Crippen LogP contribution < -0.4 is 15.5 Å². The first-order valence-electron chi connectivity index (χ1n) is 11.1. The van der Waals surface area contributed by atoms with Crippen LogP contribution in [0, 0.1) is 0 Å². The maximum absolute atomic E-state index is 12.2. The zero-order valence-corrected chi connectivity index (χ0v) is 20.8. The number of hydrogen-bond donors (Lipinski definition) is 3. The van der Waals surface area contributed by atoms with E-state index in [-0.39, 0.29) is 6.04 Å². The summed E-state index contributed by atoms with van der Waals surface area (Å²) < 4.78 is 7.81. The number of anilines is 2. The Bertz CT molecular complexity index is 1310. The van der Waals surface area contributed by atoms with Gasteiger partial charge in [-0.2, -0.15) is 19.6 Å². The highest BCUT2D eigenvalue weighted by atomic mass is 79.9. The van der Waals surface area contributed by atoms with Gasteiger partial charge in [-0.25, -0.2) is 9.78 Å². The lowest BCUT2D eigenvalue weighted by atomic mass is 10.2. The van der Waals surface area contributed by atoms with Crippen molar-refractivity contribution in [2.75, 3.05) is 23.3 Å². The number of imidazole rings is 1. The lowest BCUT2D eigenvalue weighted by Crippen LogP contribution is -2.40. The number of rotatable bonds is 5. The number of para-hydroxylation sites is 2. The van der Waals surface area contributed by atoms with Gasteiger partial charge in [0.15, 0.2) is 5.65 Å². The second-order valence-electron chi connectivity index (χ2n) is 9.21. The van der Waals surface area contributed by atoms with Gasteiger partial charge in [0.1, 0.15) is 11.4 Å². The number of hydrogen-bond acceptors (Lipinski definition) is 8. The molecule has 0 saturated carbocycles. The van der Waals surface area contributed by atoms with Crippen LogP contribution in [0.3, 0.4) is 0 Å². The molecule has 178 valence electrons. The van der Waals surface area contributed by atoms with Crippen LogP contribution in [0.25, 0.3) is 16.7 Å². The van der Waals surface area contributed by atoms with Crippen molar-refractivity contribution in [1.29, 1.82) is 0 Å². The lowest BCUT2D eigenvalue weighted by molar-refractivity contribution is 0.0509. The maximum atomic E-state index is 12.2. The highest BCUT2D eigenvalue weighted by Crippen LogP contribution is 2.24. The van der Waals surface area contributed by atoms with E-state index in [1.165, 1.54) is 0 Å². The number of halogens is 1. The van der Waals surface area contributed by atoms with Crippen molar-refractivity contribution in [3.63, 3.8) is 0 Å². The van der Waals surface area contributed by atoms with Crippen molar-refractivity contribution in [2.45, 2.75) is 45.4 Å². The number of H-pyrrole nitrogens is 1. The summed E-state index contributed by atoms with van der Waals surface area (Å²) in [7, 11) is 0. The van der Waals surface area contributed by atoms with E-state index in [0.717, 1.165) is 27.8 Å². The van der Waals surface area contributed by atoms with E-state index in [0.29, 0.717) is 37.2 Å². The van der Waals surface area contributed by atoms with Crippen LogP contribution in [0.5, 0.6) is 0 Å². The fourth-order valence-corrected chi connectivity index (χ4v) is 4.23. The summed E-state index contributed by atoms with van der Waals surface area (Å²) in [6.45, 7) is 7.29. The van der Waals surface area contributed by atoms with Crippen molar-refractivity contribution >= 4 is 50.6 Å². The molecular formula is C22H26BrN9O2. The predicted octanol–water partition coefficient (Wildman–Crippen LogP) is 3.48. The van der Waals surface area contributed by atoms with Gasteiger partial charge in [0, 0.05) is 13.1 Å². The number of fused-ring (bicyclic) bond motifs is 2. The number of carbonyl (C=O) groups is 1. The molecule has 1 amide bonds. The normalized spacial score (nSPS) is 16.4. The van der Waals surface area contributed by atoms with Crippen molar-refractivity contribution in [1.82, 2.24) is 34.9 Å².